The number of carbonyl (C=O) groups is 1. The van der Waals surface area contributed by atoms with Crippen LogP contribution in [0.1, 0.15) is 31.9 Å². The van der Waals surface area contributed by atoms with E-state index >= 15 is 0 Å². The molecule has 0 radical (unpaired) electrons. The van der Waals surface area contributed by atoms with Crippen molar-refractivity contribution in [3.63, 3.8) is 0 Å². The van der Waals surface area contributed by atoms with Gasteiger partial charge in [-0.2, -0.15) is 0 Å². The first kappa shape index (κ1) is 14.5. The third kappa shape index (κ3) is 3.14. The lowest BCUT2D eigenvalue weighted by molar-refractivity contribution is -0.384. The fraction of sp³-hybridized carbons (Fsp3) is 0.500. The van der Waals surface area contributed by atoms with Gasteiger partial charge in [-0.3, -0.25) is 14.9 Å². The number of rotatable bonds is 4. The number of benzene rings is 1. The highest BCUT2D eigenvalue weighted by molar-refractivity contribution is 5.80. The van der Waals surface area contributed by atoms with Gasteiger partial charge >= 0.3 is 0 Å². The second-order valence-corrected chi connectivity index (χ2v) is 5.22. The van der Waals surface area contributed by atoms with E-state index in [0.717, 1.165) is 18.5 Å². The number of nitrogens with zero attached hydrogens (tertiary/aromatic N) is 1. The monoisotopic (exact) mass is 277 g/mol. The molecular weight excluding hydrogens is 258 g/mol. The van der Waals surface area contributed by atoms with Crippen molar-refractivity contribution < 1.29 is 9.72 Å². The highest BCUT2D eigenvalue weighted by Gasteiger charge is 2.30. The first-order valence-electron chi connectivity index (χ1n) is 6.77. The van der Waals surface area contributed by atoms with Gasteiger partial charge in [0.1, 0.15) is 0 Å². The van der Waals surface area contributed by atoms with Crippen molar-refractivity contribution in [1.82, 2.24) is 10.6 Å². The molecule has 0 bridgehead atoms. The molecule has 1 saturated heterocycles. The van der Waals surface area contributed by atoms with Gasteiger partial charge in [-0.05, 0) is 32.4 Å². The van der Waals surface area contributed by atoms with Gasteiger partial charge in [0.05, 0.1) is 16.9 Å². The summed E-state index contributed by atoms with van der Waals surface area (Å²) in [4.78, 5) is 22.5. The summed E-state index contributed by atoms with van der Waals surface area (Å²) in [5.74, 6) is -0.0299. The van der Waals surface area contributed by atoms with Gasteiger partial charge in [0.2, 0.25) is 5.91 Å². The van der Waals surface area contributed by atoms with E-state index in [0.29, 0.717) is 0 Å². The highest BCUT2D eigenvalue weighted by atomic mass is 16.6. The van der Waals surface area contributed by atoms with Crippen molar-refractivity contribution in [2.45, 2.75) is 32.4 Å². The first-order chi connectivity index (χ1) is 9.49. The second-order valence-electron chi connectivity index (χ2n) is 5.22. The quantitative estimate of drug-likeness (QED) is 0.649. The molecule has 6 heteroatoms. The third-order valence-electron chi connectivity index (χ3n) is 3.80. The van der Waals surface area contributed by atoms with Crippen LogP contribution in [0.5, 0.6) is 0 Å². The van der Waals surface area contributed by atoms with Crippen molar-refractivity contribution in [3.05, 3.63) is 39.9 Å². The normalized spacial score (nSPS) is 23.3. The summed E-state index contributed by atoms with van der Waals surface area (Å²) >= 11 is 0. The van der Waals surface area contributed by atoms with Crippen LogP contribution < -0.4 is 10.6 Å². The Morgan fingerprint density at radius 2 is 2.30 bits per heavy atom. The van der Waals surface area contributed by atoms with Gasteiger partial charge in [-0.25, -0.2) is 0 Å². The Bertz CT molecular complexity index is 518. The van der Waals surface area contributed by atoms with Crippen LogP contribution in [0.3, 0.4) is 0 Å². The molecule has 0 spiro atoms. The van der Waals surface area contributed by atoms with Crippen LogP contribution in [-0.4, -0.2) is 23.4 Å². The Balaban J connectivity index is 2.04. The molecule has 20 heavy (non-hydrogen) atoms. The summed E-state index contributed by atoms with van der Waals surface area (Å²) < 4.78 is 0. The SMILES string of the molecule is CC(NC(=O)C1CCNC1C)c1cccc([N+](=O)[O-])c1. The molecule has 1 amide bonds. The number of nitro groups is 1. The smallest absolute Gasteiger partial charge is 0.269 e. The number of hydrogen-bond acceptors (Lipinski definition) is 4. The lowest BCUT2D eigenvalue weighted by Gasteiger charge is -2.19. The molecule has 6 nitrogen and oxygen atoms in total. The van der Waals surface area contributed by atoms with E-state index in [1.807, 2.05) is 13.8 Å². The molecule has 0 aromatic heterocycles. The topological polar surface area (TPSA) is 84.3 Å². The average molecular weight is 277 g/mol. The van der Waals surface area contributed by atoms with Crippen LogP contribution in [0.25, 0.3) is 0 Å². The van der Waals surface area contributed by atoms with Gasteiger partial charge in [-0.15, -0.1) is 0 Å². The number of carbonyl (C=O) groups excluding carboxylic acids is 1. The van der Waals surface area contributed by atoms with E-state index in [2.05, 4.69) is 10.6 Å². The standard InChI is InChI=1S/C14H19N3O3/c1-9(11-4-3-5-12(8-11)17(19)20)16-14(18)13-6-7-15-10(13)2/h3-5,8-10,13,15H,6-7H2,1-2H3,(H,16,18). The molecular formula is C14H19N3O3. The molecule has 0 saturated carbocycles. The van der Waals surface area contributed by atoms with E-state index in [4.69, 9.17) is 0 Å². The Hall–Kier alpha value is -1.95. The molecule has 108 valence electrons. The Labute approximate surface area is 117 Å². The third-order valence-corrected chi connectivity index (χ3v) is 3.80. The van der Waals surface area contributed by atoms with E-state index in [-0.39, 0.29) is 29.6 Å². The van der Waals surface area contributed by atoms with E-state index in [9.17, 15) is 14.9 Å². The molecule has 1 aromatic rings. The largest absolute Gasteiger partial charge is 0.349 e. The average Bonchev–Trinajstić information content (AvgIpc) is 2.85. The Morgan fingerprint density at radius 1 is 1.55 bits per heavy atom. The fourth-order valence-electron chi connectivity index (χ4n) is 2.53. The number of non-ortho nitro benzene ring substituents is 1. The zero-order valence-corrected chi connectivity index (χ0v) is 11.6. The van der Waals surface area contributed by atoms with Crippen molar-refractivity contribution in [1.29, 1.82) is 0 Å². The fourth-order valence-corrected chi connectivity index (χ4v) is 2.53. The molecule has 1 fully saturated rings. The van der Waals surface area contributed by atoms with Gasteiger partial charge in [0, 0.05) is 18.2 Å². The van der Waals surface area contributed by atoms with E-state index in [1.165, 1.54) is 12.1 Å². The van der Waals surface area contributed by atoms with Gasteiger partial charge in [0.25, 0.3) is 5.69 Å². The summed E-state index contributed by atoms with van der Waals surface area (Å²) in [5.41, 5.74) is 0.783. The minimum atomic E-state index is -0.430. The molecule has 1 aromatic carbocycles. The number of hydrogen-bond donors (Lipinski definition) is 2. The second kappa shape index (κ2) is 6.00. The van der Waals surface area contributed by atoms with Crippen LogP contribution in [-0.2, 0) is 4.79 Å². The maximum absolute atomic E-state index is 12.2. The zero-order chi connectivity index (χ0) is 14.7. The Kier molecular flexibility index (Phi) is 4.34. The lowest BCUT2D eigenvalue weighted by Crippen LogP contribution is -2.37. The lowest BCUT2D eigenvalue weighted by atomic mass is 10.00. The zero-order valence-electron chi connectivity index (χ0n) is 11.6. The van der Waals surface area contributed by atoms with Gasteiger partial charge in [0.15, 0.2) is 0 Å². The van der Waals surface area contributed by atoms with Crippen molar-refractivity contribution in [3.8, 4) is 0 Å². The number of amides is 1. The molecule has 1 aliphatic rings. The number of nitro benzene ring substituents is 1. The maximum atomic E-state index is 12.2. The molecule has 3 unspecified atom stereocenters. The number of nitrogens with one attached hydrogen (secondary N) is 2. The van der Waals surface area contributed by atoms with Crippen LogP contribution in [0, 0.1) is 16.0 Å². The summed E-state index contributed by atoms with van der Waals surface area (Å²) in [5, 5.41) is 16.9. The van der Waals surface area contributed by atoms with Crippen LogP contribution in [0.4, 0.5) is 5.69 Å². The summed E-state index contributed by atoms with van der Waals surface area (Å²) in [6.45, 7) is 4.68. The van der Waals surface area contributed by atoms with Crippen molar-refractivity contribution in [2.24, 2.45) is 5.92 Å². The molecule has 2 N–H and O–H groups in total. The summed E-state index contributed by atoms with van der Waals surface area (Å²) in [6, 6.07) is 6.30. The molecule has 1 heterocycles. The van der Waals surface area contributed by atoms with Crippen LogP contribution in [0.15, 0.2) is 24.3 Å². The molecule has 1 aliphatic heterocycles. The van der Waals surface area contributed by atoms with Crippen LogP contribution in [0.2, 0.25) is 0 Å². The minimum Gasteiger partial charge on any atom is -0.349 e. The molecule has 2 rings (SSSR count). The van der Waals surface area contributed by atoms with Gasteiger partial charge < -0.3 is 10.6 Å². The van der Waals surface area contributed by atoms with Gasteiger partial charge in [-0.1, -0.05) is 12.1 Å². The highest BCUT2D eigenvalue weighted by Crippen LogP contribution is 2.21. The van der Waals surface area contributed by atoms with E-state index in [1.54, 1.807) is 12.1 Å². The van der Waals surface area contributed by atoms with E-state index < -0.39 is 4.92 Å². The Morgan fingerprint density at radius 3 is 2.90 bits per heavy atom. The summed E-state index contributed by atoms with van der Waals surface area (Å²) in [6.07, 6.45) is 0.828. The maximum Gasteiger partial charge on any atom is 0.269 e. The predicted octanol–water partition coefficient (Wildman–Crippen LogP) is 1.77. The minimum absolute atomic E-state index is 0.00139. The predicted molar refractivity (Wildman–Crippen MR) is 75.2 cm³/mol. The van der Waals surface area contributed by atoms with Crippen molar-refractivity contribution >= 4 is 11.6 Å². The molecule has 3 atom stereocenters. The summed E-state index contributed by atoms with van der Waals surface area (Å²) in [7, 11) is 0. The van der Waals surface area contributed by atoms with Crippen molar-refractivity contribution in [2.75, 3.05) is 6.54 Å². The van der Waals surface area contributed by atoms with Crippen LogP contribution >= 0.6 is 0 Å². The first-order valence-corrected chi connectivity index (χ1v) is 6.77. The molecule has 0 aliphatic carbocycles.